The van der Waals surface area contributed by atoms with E-state index in [1.54, 1.807) is 36.1 Å². The monoisotopic (exact) mass is 415 g/mol. The standard InChI is InChI=1S/C22H29N3O5/c1-3-29-15-30-14-20(24-21(26)18-8-6-16(2)7-9-18)12-19(22(27)25-28)11-17-5-4-10-23-13-17/h4-10,13,19-20,28H,3,11-12,14-15H2,1-2H3,(H,24,26)(H,25,27). The molecule has 2 unspecified atom stereocenters. The molecule has 2 aromatic rings. The lowest BCUT2D eigenvalue weighted by atomic mass is 9.92. The molecule has 8 heteroatoms. The molecular formula is C22H29N3O5. The second kappa shape index (κ2) is 12.7. The molecular weight excluding hydrogens is 386 g/mol. The molecule has 2 rings (SSSR count). The fourth-order valence-corrected chi connectivity index (χ4v) is 3.00. The van der Waals surface area contributed by atoms with Gasteiger partial charge in [-0.25, -0.2) is 5.48 Å². The lowest BCUT2D eigenvalue weighted by Crippen LogP contribution is -2.42. The first-order valence-electron chi connectivity index (χ1n) is 9.89. The Morgan fingerprint density at radius 1 is 1.17 bits per heavy atom. The third-order valence-corrected chi connectivity index (χ3v) is 4.59. The van der Waals surface area contributed by atoms with Crippen molar-refractivity contribution in [3.8, 4) is 0 Å². The summed E-state index contributed by atoms with van der Waals surface area (Å²) < 4.78 is 10.7. The summed E-state index contributed by atoms with van der Waals surface area (Å²) in [5.41, 5.74) is 4.15. The van der Waals surface area contributed by atoms with Crippen molar-refractivity contribution in [1.29, 1.82) is 0 Å². The molecule has 162 valence electrons. The number of ether oxygens (including phenoxy) is 2. The van der Waals surface area contributed by atoms with Crippen LogP contribution in [-0.4, -0.2) is 48.1 Å². The molecule has 1 aromatic heterocycles. The van der Waals surface area contributed by atoms with Gasteiger partial charge in [0.15, 0.2) is 0 Å². The Morgan fingerprint density at radius 3 is 2.57 bits per heavy atom. The van der Waals surface area contributed by atoms with Crippen molar-refractivity contribution in [3.05, 3.63) is 65.5 Å². The number of amides is 2. The molecule has 1 aromatic carbocycles. The predicted molar refractivity (Wildman–Crippen MR) is 111 cm³/mol. The van der Waals surface area contributed by atoms with Crippen LogP contribution in [0.25, 0.3) is 0 Å². The van der Waals surface area contributed by atoms with E-state index in [1.165, 1.54) is 0 Å². The van der Waals surface area contributed by atoms with E-state index in [0.29, 0.717) is 18.6 Å². The molecule has 0 radical (unpaired) electrons. The van der Waals surface area contributed by atoms with Gasteiger partial charge in [-0.2, -0.15) is 0 Å². The van der Waals surface area contributed by atoms with Crippen molar-refractivity contribution in [3.63, 3.8) is 0 Å². The molecule has 8 nitrogen and oxygen atoms in total. The normalized spacial score (nSPS) is 12.8. The topological polar surface area (TPSA) is 110 Å². The van der Waals surface area contributed by atoms with E-state index in [4.69, 9.17) is 9.47 Å². The molecule has 0 aliphatic heterocycles. The summed E-state index contributed by atoms with van der Waals surface area (Å²) >= 11 is 0. The van der Waals surface area contributed by atoms with Crippen LogP contribution in [0.15, 0.2) is 48.8 Å². The van der Waals surface area contributed by atoms with Crippen LogP contribution in [-0.2, 0) is 20.7 Å². The number of rotatable bonds is 12. The lowest BCUT2D eigenvalue weighted by molar-refractivity contribution is -0.134. The average Bonchev–Trinajstić information content (AvgIpc) is 2.76. The third-order valence-electron chi connectivity index (χ3n) is 4.59. The number of aryl methyl sites for hydroxylation is 1. The van der Waals surface area contributed by atoms with Gasteiger partial charge in [-0.15, -0.1) is 0 Å². The van der Waals surface area contributed by atoms with Crippen LogP contribution in [0.3, 0.4) is 0 Å². The van der Waals surface area contributed by atoms with Crippen LogP contribution in [0, 0.1) is 12.8 Å². The molecule has 0 aliphatic carbocycles. The number of carbonyl (C=O) groups is 2. The van der Waals surface area contributed by atoms with Gasteiger partial charge in [-0.05, 0) is 50.5 Å². The summed E-state index contributed by atoms with van der Waals surface area (Å²) in [5, 5.41) is 12.1. The summed E-state index contributed by atoms with van der Waals surface area (Å²) in [5.74, 6) is -1.37. The molecule has 2 atom stereocenters. The van der Waals surface area contributed by atoms with Crippen molar-refractivity contribution in [2.75, 3.05) is 20.0 Å². The molecule has 1 heterocycles. The van der Waals surface area contributed by atoms with Crippen LogP contribution >= 0.6 is 0 Å². The molecule has 30 heavy (non-hydrogen) atoms. The van der Waals surface area contributed by atoms with Crippen LogP contribution < -0.4 is 10.8 Å². The summed E-state index contributed by atoms with van der Waals surface area (Å²) in [4.78, 5) is 29.0. The Labute approximate surface area is 176 Å². The van der Waals surface area contributed by atoms with E-state index in [2.05, 4.69) is 10.3 Å². The third kappa shape index (κ3) is 7.90. The highest BCUT2D eigenvalue weighted by Crippen LogP contribution is 2.16. The number of hydroxylamine groups is 1. The zero-order chi connectivity index (χ0) is 21.8. The highest BCUT2D eigenvalue weighted by atomic mass is 16.7. The fraction of sp³-hybridized carbons (Fsp3) is 0.409. The first-order valence-corrected chi connectivity index (χ1v) is 9.89. The number of aromatic nitrogens is 1. The van der Waals surface area contributed by atoms with Gasteiger partial charge < -0.3 is 14.8 Å². The zero-order valence-corrected chi connectivity index (χ0v) is 17.3. The van der Waals surface area contributed by atoms with E-state index < -0.39 is 17.9 Å². The maximum absolute atomic E-state index is 12.7. The Morgan fingerprint density at radius 2 is 1.93 bits per heavy atom. The molecule has 0 spiro atoms. The molecule has 0 bridgehead atoms. The molecule has 3 N–H and O–H groups in total. The van der Waals surface area contributed by atoms with Crippen LogP contribution in [0.4, 0.5) is 0 Å². The van der Waals surface area contributed by atoms with Gasteiger partial charge in [0.25, 0.3) is 5.91 Å². The summed E-state index contributed by atoms with van der Waals surface area (Å²) in [7, 11) is 0. The Balaban J connectivity index is 2.10. The number of pyridine rings is 1. The molecule has 0 aliphatic rings. The smallest absolute Gasteiger partial charge is 0.251 e. The van der Waals surface area contributed by atoms with Gasteiger partial charge in [0.1, 0.15) is 6.79 Å². The van der Waals surface area contributed by atoms with Crippen molar-refractivity contribution in [1.82, 2.24) is 15.8 Å². The van der Waals surface area contributed by atoms with Crippen LogP contribution in [0.5, 0.6) is 0 Å². The molecule has 0 fully saturated rings. The highest BCUT2D eigenvalue weighted by molar-refractivity contribution is 5.94. The lowest BCUT2D eigenvalue weighted by Gasteiger charge is -2.23. The van der Waals surface area contributed by atoms with E-state index in [-0.39, 0.29) is 25.7 Å². The highest BCUT2D eigenvalue weighted by Gasteiger charge is 2.25. The van der Waals surface area contributed by atoms with Gasteiger partial charge in [-0.1, -0.05) is 23.8 Å². The number of hydrogen-bond donors (Lipinski definition) is 3. The predicted octanol–water partition coefficient (Wildman–Crippen LogP) is 2.25. The molecule has 0 saturated carbocycles. The quantitative estimate of drug-likeness (QED) is 0.212. The Hall–Kier alpha value is -2.81. The van der Waals surface area contributed by atoms with Crippen LogP contribution in [0.1, 0.15) is 34.8 Å². The van der Waals surface area contributed by atoms with Gasteiger partial charge in [0, 0.05) is 30.5 Å². The minimum atomic E-state index is -0.585. The van der Waals surface area contributed by atoms with Crippen molar-refractivity contribution in [2.45, 2.75) is 32.7 Å². The number of carbonyl (C=O) groups excluding carboxylic acids is 2. The minimum absolute atomic E-state index is 0.0901. The number of hydrogen-bond acceptors (Lipinski definition) is 6. The SMILES string of the molecule is CCOCOCC(CC(Cc1cccnc1)C(=O)NO)NC(=O)c1ccc(C)cc1. The second-order valence-corrected chi connectivity index (χ2v) is 6.99. The van der Waals surface area contributed by atoms with E-state index in [1.807, 2.05) is 32.0 Å². The number of benzene rings is 1. The van der Waals surface area contributed by atoms with Crippen LogP contribution in [0.2, 0.25) is 0 Å². The van der Waals surface area contributed by atoms with Gasteiger partial charge in [-0.3, -0.25) is 19.8 Å². The largest absolute Gasteiger partial charge is 0.356 e. The minimum Gasteiger partial charge on any atom is -0.356 e. The number of nitrogens with zero attached hydrogens (tertiary/aromatic N) is 1. The zero-order valence-electron chi connectivity index (χ0n) is 17.3. The van der Waals surface area contributed by atoms with Crippen molar-refractivity contribution in [2.24, 2.45) is 5.92 Å². The number of nitrogens with one attached hydrogen (secondary N) is 2. The Kier molecular flexibility index (Phi) is 9.93. The second-order valence-electron chi connectivity index (χ2n) is 6.99. The van der Waals surface area contributed by atoms with Gasteiger partial charge >= 0.3 is 0 Å². The average molecular weight is 415 g/mol. The fourth-order valence-electron chi connectivity index (χ4n) is 3.00. The van der Waals surface area contributed by atoms with Crippen molar-refractivity contribution < 1.29 is 24.3 Å². The first kappa shape index (κ1) is 23.5. The Bertz CT molecular complexity index is 783. The molecule has 0 saturated heterocycles. The van der Waals surface area contributed by atoms with Gasteiger partial charge in [0.05, 0.1) is 12.6 Å². The van der Waals surface area contributed by atoms with E-state index in [9.17, 15) is 14.8 Å². The molecule has 2 amide bonds. The van der Waals surface area contributed by atoms with E-state index >= 15 is 0 Å². The first-order chi connectivity index (χ1) is 14.5. The maximum Gasteiger partial charge on any atom is 0.251 e. The maximum atomic E-state index is 12.7. The van der Waals surface area contributed by atoms with E-state index in [0.717, 1.165) is 11.1 Å². The van der Waals surface area contributed by atoms with Gasteiger partial charge in [0.2, 0.25) is 5.91 Å². The summed E-state index contributed by atoms with van der Waals surface area (Å²) in [6.45, 7) is 4.57. The summed E-state index contributed by atoms with van der Waals surface area (Å²) in [6.07, 6.45) is 3.95. The summed E-state index contributed by atoms with van der Waals surface area (Å²) in [6, 6.07) is 10.4. The van der Waals surface area contributed by atoms with Crippen molar-refractivity contribution >= 4 is 11.8 Å².